The van der Waals surface area contributed by atoms with Gasteiger partial charge in [-0.25, -0.2) is 9.36 Å². The minimum atomic E-state index is -0.499. The van der Waals surface area contributed by atoms with Crippen molar-refractivity contribution in [3.8, 4) is 0 Å². The van der Waals surface area contributed by atoms with Crippen molar-refractivity contribution in [1.82, 2.24) is 9.55 Å². The topological polar surface area (TPSA) is 44.1 Å². The van der Waals surface area contributed by atoms with Gasteiger partial charge in [-0.2, -0.15) is 0 Å². The van der Waals surface area contributed by atoms with Crippen molar-refractivity contribution >= 4 is 17.1 Å². The van der Waals surface area contributed by atoms with Crippen LogP contribution in [0.2, 0.25) is 0 Å². The maximum Gasteiger partial charge on any atom is 0.419 e. The zero-order valence-electron chi connectivity index (χ0n) is 11.2. The summed E-state index contributed by atoms with van der Waals surface area (Å²) in [6.07, 6.45) is 2.14. The minimum Gasteiger partial charge on any atom is -0.443 e. The van der Waals surface area contributed by atoms with E-state index < -0.39 is 5.60 Å². The van der Waals surface area contributed by atoms with Crippen molar-refractivity contribution in [2.75, 3.05) is 0 Å². The number of ether oxygens (including phenoxy) is 1. The molecule has 4 heteroatoms. The minimum absolute atomic E-state index is 0.345. The van der Waals surface area contributed by atoms with E-state index in [1.807, 2.05) is 45.9 Å². The summed E-state index contributed by atoms with van der Waals surface area (Å²) in [5.41, 5.74) is 2.03. The predicted molar refractivity (Wildman–Crippen MR) is 70.7 cm³/mol. The Morgan fingerprint density at radius 3 is 2.78 bits per heavy atom. The third-order valence-corrected chi connectivity index (χ3v) is 2.59. The summed E-state index contributed by atoms with van der Waals surface area (Å²) in [5, 5.41) is 0. The number of nitrogens with zero attached hydrogens (tertiary/aromatic N) is 2. The van der Waals surface area contributed by atoms with Gasteiger partial charge in [0.2, 0.25) is 0 Å². The first-order valence-electron chi connectivity index (χ1n) is 6.11. The Hall–Kier alpha value is -1.84. The molecule has 0 unspecified atom stereocenters. The van der Waals surface area contributed by atoms with E-state index in [1.54, 1.807) is 10.8 Å². The molecular weight excluding hydrogens is 228 g/mol. The van der Waals surface area contributed by atoms with E-state index in [9.17, 15) is 4.79 Å². The summed E-state index contributed by atoms with van der Waals surface area (Å²) in [6, 6.07) is 5.63. The van der Waals surface area contributed by atoms with Gasteiger partial charge in [-0.3, -0.25) is 4.98 Å². The van der Waals surface area contributed by atoms with E-state index in [0.717, 1.165) is 23.1 Å². The number of aromatic nitrogens is 2. The fourth-order valence-electron chi connectivity index (χ4n) is 1.87. The Balaban J connectivity index is 2.51. The number of hydrogen-bond acceptors (Lipinski definition) is 3. The zero-order chi connectivity index (χ0) is 13.3. The van der Waals surface area contributed by atoms with Gasteiger partial charge in [0, 0.05) is 11.9 Å². The van der Waals surface area contributed by atoms with Crippen molar-refractivity contribution in [2.45, 2.75) is 39.7 Å². The molecule has 4 nitrogen and oxygen atoms in total. The van der Waals surface area contributed by atoms with Gasteiger partial charge in [-0.15, -0.1) is 0 Å². The highest BCUT2D eigenvalue weighted by Crippen LogP contribution is 2.20. The molecule has 96 valence electrons. The van der Waals surface area contributed by atoms with Gasteiger partial charge >= 0.3 is 6.09 Å². The average molecular weight is 246 g/mol. The van der Waals surface area contributed by atoms with Crippen LogP contribution in [-0.4, -0.2) is 21.2 Å². The molecule has 0 radical (unpaired) electrons. The molecule has 0 aromatic carbocycles. The molecule has 0 saturated carbocycles. The van der Waals surface area contributed by atoms with Crippen LogP contribution in [-0.2, 0) is 11.2 Å². The monoisotopic (exact) mass is 246 g/mol. The first-order chi connectivity index (χ1) is 8.42. The van der Waals surface area contributed by atoms with Crippen molar-refractivity contribution in [3.63, 3.8) is 0 Å². The maximum absolute atomic E-state index is 12.2. The molecule has 0 bridgehead atoms. The molecular formula is C14H18N2O2. The average Bonchev–Trinajstić information content (AvgIpc) is 2.64. The second kappa shape index (κ2) is 4.44. The largest absolute Gasteiger partial charge is 0.443 e. The number of carbonyl (C=O) groups is 1. The Morgan fingerprint density at radius 1 is 1.44 bits per heavy atom. The van der Waals surface area contributed by atoms with Gasteiger partial charge in [0.15, 0.2) is 0 Å². The summed E-state index contributed by atoms with van der Waals surface area (Å²) in [6.45, 7) is 7.59. The number of hydrogen-bond donors (Lipinski definition) is 0. The first kappa shape index (κ1) is 12.6. The SMILES string of the molecule is CCc1cc2ncccc2n1C(=O)OC(C)(C)C. The predicted octanol–water partition coefficient (Wildman–Crippen LogP) is 3.38. The van der Waals surface area contributed by atoms with Crippen LogP contribution >= 0.6 is 0 Å². The number of pyridine rings is 1. The van der Waals surface area contributed by atoms with E-state index in [0.29, 0.717) is 0 Å². The third kappa shape index (κ3) is 2.37. The third-order valence-electron chi connectivity index (χ3n) is 2.59. The molecule has 0 N–H and O–H groups in total. The molecule has 0 aliphatic rings. The lowest BCUT2D eigenvalue weighted by molar-refractivity contribution is 0.0540. The Kier molecular flexibility index (Phi) is 3.11. The number of rotatable bonds is 1. The summed E-state index contributed by atoms with van der Waals surface area (Å²) in [4.78, 5) is 16.5. The number of fused-ring (bicyclic) bond motifs is 1. The van der Waals surface area contributed by atoms with Crippen LogP contribution in [0.4, 0.5) is 4.79 Å². The molecule has 2 aromatic rings. The molecule has 0 saturated heterocycles. The van der Waals surface area contributed by atoms with E-state index in [1.165, 1.54) is 0 Å². The molecule has 0 atom stereocenters. The second-order valence-corrected chi connectivity index (χ2v) is 5.21. The molecule has 2 heterocycles. The summed E-state index contributed by atoms with van der Waals surface area (Å²) in [7, 11) is 0. The molecule has 2 rings (SSSR count). The standard InChI is InChI=1S/C14H18N2O2/c1-5-10-9-11-12(7-6-8-15-11)16(10)13(17)18-14(2,3)4/h6-9H,5H2,1-4H3. The summed E-state index contributed by atoms with van der Waals surface area (Å²) >= 11 is 0. The molecule has 0 fully saturated rings. The fraction of sp³-hybridized carbons (Fsp3) is 0.429. The van der Waals surface area contributed by atoms with Crippen LogP contribution in [0.1, 0.15) is 33.4 Å². The van der Waals surface area contributed by atoms with E-state index >= 15 is 0 Å². The quantitative estimate of drug-likeness (QED) is 0.774. The molecule has 2 aromatic heterocycles. The van der Waals surface area contributed by atoms with Crippen LogP contribution < -0.4 is 0 Å². The Bertz CT molecular complexity index is 579. The highest BCUT2D eigenvalue weighted by molar-refractivity contribution is 5.88. The lowest BCUT2D eigenvalue weighted by atomic mass is 10.2. The highest BCUT2D eigenvalue weighted by Gasteiger charge is 2.21. The number of aryl methyl sites for hydroxylation is 1. The van der Waals surface area contributed by atoms with Gasteiger partial charge in [0.1, 0.15) is 5.60 Å². The molecule has 0 spiro atoms. The van der Waals surface area contributed by atoms with Gasteiger partial charge in [-0.1, -0.05) is 6.92 Å². The van der Waals surface area contributed by atoms with Crippen LogP contribution in [0, 0.1) is 0 Å². The zero-order valence-corrected chi connectivity index (χ0v) is 11.2. The van der Waals surface area contributed by atoms with Crippen molar-refractivity contribution < 1.29 is 9.53 Å². The van der Waals surface area contributed by atoms with Crippen LogP contribution in [0.15, 0.2) is 24.4 Å². The molecule has 0 aliphatic carbocycles. The van der Waals surface area contributed by atoms with E-state index in [4.69, 9.17) is 4.74 Å². The lowest BCUT2D eigenvalue weighted by Gasteiger charge is -2.20. The smallest absolute Gasteiger partial charge is 0.419 e. The van der Waals surface area contributed by atoms with E-state index in [-0.39, 0.29) is 6.09 Å². The van der Waals surface area contributed by atoms with Gasteiger partial charge in [0.05, 0.1) is 11.0 Å². The van der Waals surface area contributed by atoms with Crippen molar-refractivity contribution in [3.05, 3.63) is 30.1 Å². The molecule has 18 heavy (non-hydrogen) atoms. The first-order valence-corrected chi connectivity index (χ1v) is 6.11. The highest BCUT2D eigenvalue weighted by atomic mass is 16.6. The second-order valence-electron chi connectivity index (χ2n) is 5.21. The van der Waals surface area contributed by atoms with E-state index in [2.05, 4.69) is 4.98 Å². The lowest BCUT2D eigenvalue weighted by Crippen LogP contribution is -2.27. The number of carbonyl (C=O) groups excluding carboxylic acids is 1. The van der Waals surface area contributed by atoms with Gasteiger partial charge in [0.25, 0.3) is 0 Å². The van der Waals surface area contributed by atoms with Crippen LogP contribution in [0.3, 0.4) is 0 Å². The normalized spacial score (nSPS) is 11.8. The summed E-state index contributed by atoms with van der Waals surface area (Å²) in [5.74, 6) is 0. The Morgan fingerprint density at radius 2 is 2.17 bits per heavy atom. The fourth-order valence-corrected chi connectivity index (χ4v) is 1.87. The molecule has 0 amide bonds. The van der Waals surface area contributed by atoms with Crippen LogP contribution in [0.5, 0.6) is 0 Å². The maximum atomic E-state index is 12.2. The molecule has 0 aliphatic heterocycles. The Labute approximate surface area is 107 Å². The van der Waals surface area contributed by atoms with Crippen molar-refractivity contribution in [2.24, 2.45) is 0 Å². The van der Waals surface area contributed by atoms with Crippen molar-refractivity contribution in [1.29, 1.82) is 0 Å². The summed E-state index contributed by atoms with van der Waals surface area (Å²) < 4.78 is 7.03. The van der Waals surface area contributed by atoms with Gasteiger partial charge in [-0.05, 0) is 45.4 Å². The van der Waals surface area contributed by atoms with Gasteiger partial charge < -0.3 is 4.74 Å². The van der Waals surface area contributed by atoms with Crippen LogP contribution in [0.25, 0.3) is 11.0 Å².